The summed E-state index contributed by atoms with van der Waals surface area (Å²) in [6.45, 7) is 6.37. The van der Waals surface area contributed by atoms with Crippen molar-refractivity contribution in [3.05, 3.63) is 102 Å². The number of likely N-dealkylation sites (N-methyl/N-ethyl adjacent to an activating group) is 1. The summed E-state index contributed by atoms with van der Waals surface area (Å²) in [6.07, 6.45) is 1.70. The molecule has 0 amide bonds. The third kappa shape index (κ3) is 6.13. The van der Waals surface area contributed by atoms with E-state index in [9.17, 15) is 13.7 Å². The maximum atomic E-state index is 15.4. The Labute approximate surface area is 256 Å². The van der Waals surface area contributed by atoms with E-state index in [-0.39, 0.29) is 29.6 Å². The Hall–Kier alpha value is -4.79. The Balaban J connectivity index is 1.39. The first-order valence-corrected chi connectivity index (χ1v) is 16.1. The van der Waals surface area contributed by atoms with Crippen molar-refractivity contribution in [1.29, 1.82) is 5.26 Å². The van der Waals surface area contributed by atoms with Crippen LogP contribution < -0.4 is 10.2 Å². The number of nitrogens with zero attached hydrogens (tertiary/aromatic N) is 6. The molecule has 0 unspecified atom stereocenters. The van der Waals surface area contributed by atoms with E-state index in [1.54, 1.807) is 42.5 Å². The number of nitrogens with one attached hydrogen (secondary N) is 1. The molecule has 1 N–H and O–H groups in total. The van der Waals surface area contributed by atoms with Crippen molar-refractivity contribution in [2.24, 2.45) is 0 Å². The van der Waals surface area contributed by atoms with Crippen LogP contribution in [0.4, 0.5) is 21.7 Å². The molecule has 0 aliphatic carbocycles. The van der Waals surface area contributed by atoms with Crippen LogP contribution in [0.1, 0.15) is 18.1 Å². The normalized spacial score (nSPS) is 14.1. The van der Waals surface area contributed by atoms with E-state index >= 15 is 4.39 Å². The molecule has 44 heavy (non-hydrogen) atoms. The van der Waals surface area contributed by atoms with Crippen molar-refractivity contribution in [3.63, 3.8) is 0 Å². The number of anilines is 3. The molecule has 2 aromatic heterocycles. The van der Waals surface area contributed by atoms with Gasteiger partial charge < -0.3 is 15.1 Å². The highest BCUT2D eigenvalue weighted by Crippen LogP contribution is 2.32. The predicted molar refractivity (Wildman–Crippen MR) is 171 cm³/mol. The lowest BCUT2D eigenvalue weighted by Gasteiger charge is -2.35. The average molecular weight is 610 g/mol. The van der Waals surface area contributed by atoms with E-state index in [1.807, 2.05) is 35.2 Å². The van der Waals surface area contributed by atoms with Crippen LogP contribution in [0.15, 0.2) is 85.1 Å². The molecule has 1 saturated heterocycles. The van der Waals surface area contributed by atoms with Gasteiger partial charge in [0.2, 0.25) is 16.0 Å². The summed E-state index contributed by atoms with van der Waals surface area (Å²) >= 11 is 0. The zero-order chi connectivity index (χ0) is 30.7. The Morgan fingerprint density at radius 1 is 0.932 bits per heavy atom. The molecule has 1 fully saturated rings. The second-order valence-electron chi connectivity index (χ2n) is 10.7. The molecule has 1 aliphatic heterocycles. The molecule has 1 aliphatic rings. The lowest BCUT2D eigenvalue weighted by molar-refractivity contribution is 0.270. The first-order chi connectivity index (χ1) is 21.3. The third-order valence-electron chi connectivity index (χ3n) is 7.85. The van der Waals surface area contributed by atoms with Crippen molar-refractivity contribution in [1.82, 2.24) is 18.8 Å². The number of hydrogen-bond acceptors (Lipinski definition) is 8. The number of benzene rings is 3. The van der Waals surface area contributed by atoms with E-state index in [4.69, 9.17) is 4.98 Å². The molecule has 0 saturated carbocycles. The van der Waals surface area contributed by atoms with Crippen LogP contribution in [0.3, 0.4) is 0 Å². The Morgan fingerprint density at radius 3 is 2.43 bits per heavy atom. The minimum absolute atomic E-state index is 0.122. The highest BCUT2D eigenvalue weighted by Gasteiger charge is 2.22. The SMILES string of the molecule is CCN1CCN(c2ccc(Nc3nc(-c4cccc(CC#N)c4)c4ccn(S(=O)(=O)Cc5ccccc5)c4n3)cc2F)CC1. The van der Waals surface area contributed by atoms with E-state index in [0.29, 0.717) is 33.6 Å². The summed E-state index contributed by atoms with van der Waals surface area (Å²) in [7, 11) is -3.85. The number of fused-ring (bicyclic) bond motifs is 1. The van der Waals surface area contributed by atoms with Gasteiger partial charge in [-0.15, -0.1) is 0 Å². The fourth-order valence-electron chi connectivity index (χ4n) is 5.54. The molecule has 0 radical (unpaired) electrons. The lowest BCUT2D eigenvalue weighted by atomic mass is 10.0. The highest BCUT2D eigenvalue weighted by atomic mass is 32.2. The fraction of sp³-hybridized carbons (Fsp3) is 0.242. The van der Waals surface area contributed by atoms with Gasteiger partial charge in [-0.25, -0.2) is 21.8 Å². The second kappa shape index (κ2) is 12.4. The molecule has 3 heterocycles. The molecule has 11 heteroatoms. The number of nitriles is 1. The van der Waals surface area contributed by atoms with Crippen LogP contribution in [0.2, 0.25) is 0 Å². The Kier molecular flexibility index (Phi) is 8.28. The summed E-state index contributed by atoms with van der Waals surface area (Å²) in [6, 6.07) is 25.1. The quantitative estimate of drug-likeness (QED) is 0.231. The predicted octanol–water partition coefficient (Wildman–Crippen LogP) is 5.57. The topological polar surface area (TPSA) is 107 Å². The monoisotopic (exact) mass is 609 g/mol. The van der Waals surface area contributed by atoms with Gasteiger partial charge in [-0.05, 0) is 48.0 Å². The van der Waals surface area contributed by atoms with Gasteiger partial charge in [0.1, 0.15) is 5.82 Å². The second-order valence-corrected chi connectivity index (χ2v) is 12.6. The molecule has 0 spiro atoms. The van der Waals surface area contributed by atoms with Gasteiger partial charge in [0.15, 0.2) is 5.65 Å². The molecule has 224 valence electrons. The first kappa shape index (κ1) is 29.3. The zero-order valence-electron chi connectivity index (χ0n) is 24.3. The Bertz CT molecular complexity index is 1950. The van der Waals surface area contributed by atoms with Crippen LogP contribution >= 0.6 is 0 Å². The number of piperazine rings is 1. The van der Waals surface area contributed by atoms with Crippen molar-refractivity contribution >= 4 is 38.4 Å². The molecular formula is C33H32FN7O2S. The molecule has 3 aromatic carbocycles. The minimum Gasteiger partial charge on any atom is -0.367 e. The van der Waals surface area contributed by atoms with Crippen LogP contribution in [0, 0.1) is 17.1 Å². The third-order valence-corrected chi connectivity index (χ3v) is 9.44. The van der Waals surface area contributed by atoms with Crippen molar-refractivity contribution in [2.45, 2.75) is 19.1 Å². The first-order valence-electron chi connectivity index (χ1n) is 14.5. The standard InChI is InChI=1S/C33H32FN7O2S/c1-2-39-17-19-40(20-18-39)30-12-11-27(22-29(30)34)36-33-37-31(26-10-6-9-24(21-26)13-15-35)28-14-16-41(32(28)38-33)44(42,43)23-25-7-4-3-5-8-25/h3-12,14,16,21-22H,2,13,17-20,23H2,1H3,(H,36,37,38). The van der Waals surface area contributed by atoms with E-state index < -0.39 is 10.0 Å². The van der Waals surface area contributed by atoms with E-state index in [0.717, 1.165) is 38.3 Å². The van der Waals surface area contributed by atoms with Gasteiger partial charge in [0.25, 0.3) is 0 Å². The van der Waals surface area contributed by atoms with Gasteiger partial charge in [-0.3, -0.25) is 0 Å². The summed E-state index contributed by atoms with van der Waals surface area (Å²) in [5.74, 6) is -0.452. The Morgan fingerprint density at radius 2 is 1.70 bits per heavy atom. The van der Waals surface area contributed by atoms with Crippen molar-refractivity contribution < 1.29 is 12.8 Å². The summed E-state index contributed by atoms with van der Waals surface area (Å²) in [4.78, 5) is 13.7. The maximum absolute atomic E-state index is 15.4. The van der Waals surface area contributed by atoms with Crippen LogP contribution in [0.25, 0.3) is 22.3 Å². The summed E-state index contributed by atoms with van der Waals surface area (Å²) in [5.41, 5.74) is 3.84. The van der Waals surface area contributed by atoms with Crippen molar-refractivity contribution in [3.8, 4) is 17.3 Å². The zero-order valence-corrected chi connectivity index (χ0v) is 25.1. The molecular weight excluding hydrogens is 577 g/mol. The largest absolute Gasteiger partial charge is 0.367 e. The molecule has 0 atom stereocenters. The van der Waals surface area contributed by atoms with E-state index in [1.165, 1.54) is 16.2 Å². The number of aromatic nitrogens is 3. The van der Waals surface area contributed by atoms with Crippen LogP contribution in [-0.4, -0.2) is 60.0 Å². The van der Waals surface area contributed by atoms with E-state index in [2.05, 4.69) is 28.2 Å². The van der Waals surface area contributed by atoms with Gasteiger partial charge in [-0.2, -0.15) is 10.2 Å². The van der Waals surface area contributed by atoms with Gasteiger partial charge in [0, 0.05) is 49.0 Å². The van der Waals surface area contributed by atoms with Crippen LogP contribution in [0.5, 0.6) is 0 Å². The average Bonchev–Trinajstić information content (AvgIpc) is 3.47. The van der Waals surface area contributed by atoms with Gasteiger partial charge >= 0.3 is 0 Å². The molecule has 9 nitrogen and oxygen atoms in total. The molecule has 6 rings (SSSR count). The summed E-state index contributed by atoms with van der Waals surface area (Å²) in [5, 5.41) is 12.9. The fourth-order valence-corrected chi connectivity index (χ4v) is 6.94. The minimum atomic E-state index is -3.85. The number of rotatable bonds is 9. The van der Waals surface area contributed by atoms with Gasteiger partial charge in [0.05, 0.1) is 29.6 Å². The maximum Gasteiger partial charge on any atom is 0.244 e. The lowest BCUT2D eigenvalue weighted by Crippen LogP contribution is -2.46. The van der Waals surface area contributed by atoms with Crippen molar-refractivity contribution in [2.75, 3.05) is 42.9 Å². The number of halogens is 1. The molecule has 5 aromatic rings. The number of hydrogen-bond donors (Lipinski definition) is 1. The summed E-state index contributed by atoms with van der Waals surface area (Å²) < 4.78 is 43.7. The van der Waals surface area contributed by atoms with Crippen LogP contribution in [-0.2, 0) is 22.2 Å². The highest BCUT2D eigenvalue weighted by molar-refractivity contribution is 7.89. The molecule has 0 bridgehead atoms. The smallest absolute Gasteiger partial charge is 0.244 e. The van der Waals surface area contributed by atoms with Gasteiger partial charge in [-0.1, -0.05) is 55.5 Å².